The van der Waals surface area contributed by atoms with Gasteiger partial charge in [-0.05, 0) is 37.3 Å². The van der Waals surface area contributed by atoms with E-state index in [9.17, 15) is 29.3 Å². The Morgan fingerprint density at radius 1 is 1.18 bits per heavy atom. The molecule has 33 heavy (non-hydrogen) atoms. The lowest BCUT2D eigenvalue weighted by atomic mass is 10.1. The number of nitro benzene ring substituents is 1. The Hall–Kier alpha value is -3.35. The van der Waals surface area contributed by atoms with Crippen molar-refractivity contribution in [3.8, 4) is 0 Å². The number of carbonyl (C=O) groups excluding carboxylic acids is 4. The molecular formula is C20H28N6O6S. The first kappa shape index (κ1) is 25.9. The third-order valence-electron chi connectivity index (χ3n) is 5.14. The topological polar surface area (TPSA) is 186 Å². The Kier molecular flexibility index (Phi) is 9.45. The highest BCUT2D eigenvalue weighted by atomic mass is 32.2. The lowest BCUT2D eigenvalue weighted by Gasteiger charge is -2.25. The summed E-state index contributed by atoms with van der Waals surface area (Å²) in [6.07, 6.45) is 2.48. The second-order valence-corrected chi connectivity index (χ2v) is 8.43. The first-order valence-corrected chi connectivity index (χ1v) is 11.8. The molecule has 0 spiro atoms. The molecule has 2 rings (SSSR count). The number of carbonyl (C=O) groups is 4. The highest BCUT2D eigenvalue weighted by Gasteiger charge is 2.29. The molecule has 12 nitrogen and oxygen atoms in total. The van der Waals surface area contributed by atoms with E-state index in [-0.39, 0.29) is 36.3 Å². The van der Waals surface area contributed by atoms with Crippen molar-refractivity contribution < 1.29 is 24.1 Å². The Labute approximate surface area is 194 Å². The first-order chi connectivity index (χ1) is 15.7. The molecule has 0 saturated heterocycles. The molecule has 6 N–H and O–H groups in total. The molecule has 0 radical (unpaired) electrons. The van der Waals surface area contributed by atoms with Gasteiger partial charge in [-0.3, -0.25) is 29.3 Å². The number of nitrogens with zero attached hydrogens (tertiary/aromatic N) is 1. The minimum atomic E-state index is -1.01. The highest BCUT2D eigenvalue weighted by Crippen LogP contribution is 2.23. The summed E-state index contributed by atoms with van der Waals surface area (Å²) >= 11 is 1.49. The van der Waals surface area contributed by atoms with Gasteiger partial charge in [-0.1, -0.05) is 6.92 Å². The van der Waals surface area contributed by atoms with Crippen LogP contribution in [0.25, 0.3) is 0 Å². The van der Waals surface area contributed by atoms with Crippen LogP contribution in [0.3, 0.4) is 0 Å². The maximum atomic E-state index is 12.9. The Morgan fingerprint density at radius 3 is 2.48 bits per heavy atom. The lowest BCUT2D eigenvalue weighted by molar-refractivity contribution is -0.384. The van der Waals surface area contributed by atoms with Crippen LogP contribution in [0.1, 0.15) is 36.5 Å². The van der Waals surface area contributed by atoms with Crippen LogP contribution in [0, 0.1) is 10.1 Å². The summed E-state index contributed by atoms with van der Waals surface area (Å²) in [5.74, 6) is -1.99. The largest absolute Gasteiger partial charge is 0.384 e. The second kappa shape index (κ2) is 12.0. The van der Waals surface area contributed by atoms with Crippen molar-refractivity contribution in [2.24, 2.45) is 5.73 Å². The molecule has 1 aliphatic heterocycles. The van der Waals surface area contributed by atoms with Gasteiger partial charge in [0, 0.05) is 24.4 Å². The van der Waals surface area contributed by atoms with Crippen LogP contribution in [0.2, 0.25) is 0 Å². The number of thioether (sulfide) groups is 1. The number of nitrogens with two attached hydrogens (primary N) is 1. The smallest absolute Gasteiger partial charge is 0.270 e. The molecule has 1 heterocycles. The van der Waals surface area contributed by atoms with E-state index >= 15 is 0 Å². The van der Waals surface area contributed by atoms with E-state index in [4.69, 9.17) is 5.73 Å². The van der Waals surface area contributed by atoms with Gasteiger partial charge >= 0.3 is 0 Å². The van der Waals surface area contributed by atoms with Gasteiger partial charge in [0.1, 0.15) is 18.1 Å². The number of primary amides is 1. The van der Waals surface area contributed by atoms with Crippen molar-refractivity contribution in [1.29, 1.82) is 0 Å². The summed E-state index contributed by atoms with van der Waals surface area (Å²) in [7, 11) is 0. The molecule has 0 aromatic heterocycles. The summed E-state index contributed by atoms with van der Waals surface area (Å²) in [4.78, 5) is 61.1. The number of hydrogen-bond acceptors (Lipinski definition) is 8. The number of hydrogen-bond donors (Lipinski definition) is 5. The standard InChI is InChI=1S/C20H28N6O6S/c1-3-13-19(29)25-16(7-9-33-2)20(30)24-15(17(21)27)6-8-22-14-5-4-11(26(31)32)10-12(14)18(28)23-13/h4-5,10,13,15-16,22H,3,6-9H2,1-2H3,(H2,21,27)(H,23,28)(H,24,30)(H,25,29)/t13?,15-,16?/m0/s1. The zero-order valence-electron chi connectivity index (χ0n) is 18.4. The van der Waals surface area contributed by atoms with Crippen molar-refractivity contribution in [1.82, 2.24) is 16.0 Å². The normalized spacial score (nSPS) is 22.0. The van der Waals surface area contributed by atoms with Crippen LogP contribution in [0.4, 0.5) is 11.4 Å². The molecule has 3 atom stereocenters. The molecule has 0 fully saturated rings. The number of non-ortho nitro benzene ring substituents is 1. The fraction of sp³-hybridized carbons (Fsp3) is 0.500. The second-order valence-electron chi connectivity index (χ2n) is 7.44. The van der Waals surface area contributed by atoms with Gasteiger partial charge in [-0.15, -0.1) is 0 Å². The fourth-order valence-electron chi connectivity index (χ4n) is 3.26. The third kappa shape index (κ3) is 7.07. The zero-order valence-corrected chi connectivity index (χ0v) is 19.2. The van der Waals surface area contributed by atoms with Crippen LogP contribution >= 0.6 is 11.8 Å². The predicted octanol–water partition coefficient (Wildman–Crippen LogP) is 0.127. The minimum Gasteiger partial charge on any atom is -0.384 e. The average molecular weight is 481 g/mol. The van der Waals surface area contributed by atoms with E-state index < -0.39 is 46.7 Å². The van der Waals surface area contributed by atoms with Gasteiger partial charge in [0.25, 0.3) is 11.6 Å². The van der Waals surface area contributed by atoms with Crippen LogP contribution < -0.4 is 27.0 Å². The van der Waals surface area contributed by atoms with E-state index in [0.717, 1.165) is 6.07 Å². The SMILES string of the molecule is CCC1NC(=O)c2cc([N+](=O)[O-])ccc2NCC[C@@H](C(N)=O)NC(=O)C(CCSC)NC1=O. The molecule has 4 amide bonds. The molecule has 0 aliphatic carbocycles. The van der Waals surface area contributed by atoms with Crippen LogP contribution in [-0.4, -0.2) is 65.2 Å². The van der Waals surface area contributed by atoms with Crippen LogP contribution in [-0.2, 0) is 14.4 Å². The predicted molar refractivity (Wildman–Crippen MR) is 124 cm³/mol. The van der Waals surface area contributed by atoms with Gasteiger partial charge in [0.2, 0.25) is 17.7 Å². The minimum absolute atomic E-state index is 0.0221. The number of benzene rings is 1. The number of amides is 4. The van der Waals surface area contributed by atoms with Crippen molar-refractivity contribution in [3.05, 3.63) is 33.9 Å². The summed E-state index contributed by atoms with van der Waals surface area (Å²) in [5, 5.41) is 22.0. The molecule has 1 aliphatic rings. The van der Waals surface area contributed by atoms with E-state index in [1.54, 1.807) is 6.92 Å². The van der Waals surface area contributed by atoms with Gasteiger partial charge in [-0.25, -0.2) is 0 Å². The quantitative estimate of drug-likeness (QED) is 0.281. The average Bonchev–Trinajstić information content (AvgIpc) is 2.78. The molecule has 13 heteroatoms. The van der Waals surface area contributed by atoms with Crippen molar-refractivity contribution >= 4 is 46.8 Å². The Morgan fingerprint density at radius 2 is 1.88 bits per heavy atom. The highest BCUT2D eigenvalue weighted by molar-refractivity contribution is 7.98. The van der Waals surface area contributed by atoms with Gasteiger partial charge < -0.3 is 27.0 Å². The maximum Gasteiger partial charge on any atom is 0.270 e. The summed E-state index contributed by atoms with van der Waals surface area (Å²) in [5.41, 5.74) is 5.41. The summed E-state index contributed by atoms with van der Waals surface area (Å²) in [6, 6.07) is 0.791. The maximum absolute atomic E-state index is 12.9. The Balaban J connectivity index is 2.44. The van der Waals surface area contributed by atoms with E-state index in [2.05, 4.69) is 21.3 Å². The summed E-state index contributed by atoms with van der Waals surface area (Å²) in [6.45, 7) is 1.82. The molecule has 1 aromatic rings. The zero-order chi connectivity index (χ0) is 24.5. The first-order valence-electron chi connectivity index (χ1n) is 10.4. The van der Waals surface area contributed by atoms with Gasteiger partial charge in [0.15, 0.2) is 0 Å². The molecule has 180 valence electrons. The van der Waals surface area contributed by atoms with Crippen molar-refractivity contribution in [3.63, 3.8) is 0 Å². The van der Waals surface area contributed by atoms with E-state index in [1.807, 2.05) is 6.26 Å². The van der Waals surface area contributed by atoms with Crippen LogP contribution in [0.5, 0.6) is 0 Å². The summed E-state index contributed by atoms with van der Waals surface area (Å²) < 4.78 is 0. The monoisotopic (exact) mass is 480 g/mol. The third-order valence-corrected chi connectivity index (χ3v) is 5.78. The van der Waals surface area contributed by atoms with Crippen molar-refractivity contribution in [2.45, 2.75) is 44.3 Å². The Bertz CT molecular complexity index is 926. The fourth-order valence-corrected chi connectivity index (χ4v) is 3.73. The van der Waals surface area contributed by atoms with E-state index in [0.29, 0.717) is 12.2 Å². The van der Waals surface area contributed by atoms with E-state index in [1.165, 1.54) is 23.9 Å². The lowest BCUT2D eigenvalue weighted by Crippen LogP contribution is -2.56. The number of nitrogens with one attached hydrogen (secondary N) is 4. The molecule has 0 saturated carbocycles. The van der Waals surface area contributed by atoms with Gasteiger partial charge in [-0.2, -0.15) is 11.8 Å². The number of fused-ring (bicyclic) bond motifs is 1. The molecular weight excluding hydrogens is 452 g/mol. The van der Waals surface area contributed by atoms with Crippen LogP contribution in [0.15, 0.2) is 18.2 Å². The van der Waals surface area contributed by atoms with Crippen molar-refractivity contribution in [2.75, 3.05) is 23.9 Å². The molecule has 1 aromatic carbocycles. The molecule has 2 unspecified atom stereocenters. The van der Waals surface area contributed by atoms with Gasteiger partial charge in [0.05, 0.1) is 10.5 Å². The molecule has 0 bridgehead atoms. The number of nitro groups is 1. The number of anilines is 1. The number of rotatable bonds is 6.